The average molecular weight is 459 g/mol. The fourth-order valence-electron chi connectivity index (χ4n) is 4.18. The van der Waals surface area contributed by atoms with E-state index in [1.807, 2.05) is 0 Å². The average Bonchev–Trinajstić information content (AvgIpc) is 3.05. The Morgan fingerprint density at radius 1 is 1.06 bits per heavy atom. The molecule has 0 aromatic heterocycles. The van der Waals surface area contributed by atoms with Crippen LogP contribution in [0, 0.1) is 5.82 Å². The number of ether oxygens (including phenoxy) is 1. The Morgan fingerprint density at radius 3 is 2.44 bits per heavy atom. The molecule has 0 radical (unpaired) electrons. The van der Waals surface area contributed by atoms with Gasteiger partial charge in [-0.3, -0.25) is 14.5 Å². The molecule has 6 nitrogen and oxygen atoms in total. The lowest BCUT2D eigenvalue weighted by Crippen LogP contribution is -2.39. The van der Waals surface area contributed by atoms with Gasteiger partial charge in [0.25, 0.3) is 11.7 Å². The van der Waals surface area contributed by atoms with Gasteiger partial charge in [-0.05, 0) is 42.3 Å². The number of hydrogen-bond donors (Lipinski definition) is 1. The predicted octanol–water partition coefficient (Wildman–Crippen LogP) is 3.62. The van der Waals surface area contributed by atoms with E-state index in [1.165, 1.54) is 29.2 Å². The van der Waals surface area contributed by atoms with Gasteiger partial charge in [0.2, 0.25) is 0 Å². The van der Waals surface area contributed by atoms with Crippen molar-refractivity contribution in [3.05, 3.63) is 76.1 Å². The summed E-state index contributed by atoms with van der Waals surface area (Å²) < 4.78 is 18.7. The summed E-state index contributed by atoms with van der Waals surface area (Å²) in [6.07, 6.45) is 0.657. The zero-order valence-corrected chi connectivity index (χ0v) is 18.2. The number of morpholine rings is 1. The topological polar surface area (TPSA) is 70.1 Å². The Hall–Kier alpha value is -2.74. The second-order valence-electron chi connectivity index (χ2n) is 7.83. The fraction of sp³-hybridized carbons (Fsp3) is 0.333. The van der Waals surface area contributed by atoms with E-state index in [-0.39, 0.29) is 16.9 Å². The maximum absolute atomic E-state index is 13.4. The number of aliphatic hydroxyl groups is 1. The highest BCUT2D eigenvalue weighted by atomic mass is 35.5. The highest BCUT2D eigenvalue weighted by molar-refractivity contribution is 6.47. The van der Waals surface area contributed by atoms with Crippen molar-refractivity contribution >= 4 is 29.1 Å². The summed E-state index contributed by atoms with van der Waals surface area (Å²) in [6.45, 7) is 4.12. The smallest absolute Gasteiger partial charge is 0.295 e. The van der Waals surface area contributed by atoms with Crippen LogP contribution < -0.4 is 0 Å². The molecule has 2 aliphatic heterocycles. The van der Waals surface area contributed by atoms with E-state index in [0.717, 1.165) is 19.6 Å². The number of halogens is 2. The van der Waals surface area contributed by atoms with Gasteiger partial charge in [-0.25, -0.2) is 4.39 Å². The van der Waals surface area contributed by atoms with E-state index in [2.05, 4.69) is 4.90 Å². The highest BCUT2D eigenvalue weighted by Gasteiger charge is 2.46. The van der Waals surface area contributed by atoms with Crippen molar-refractivity contribution in [3.8, 4) is 0 Å². The Bertz CT molecular complexity index is 1030. The van der Waals surface area contributed by atoms with Crippen molar-refractivity contribution in [2.75, 3.05) is 39.4 Å². The van der Waals surface area contributed by atoms with E-state index in [4.69, 9.17) is 16.3 Å². The van der Waals surface area contributed by atoms with Crippen LogP contribution in [0.15, 0.2) is 54.1 Å². The minimum Gasteiger partial charge on any atom is -0.507 e. The van der Waals surface area contributed by atoms with E-state index in [9.17, 15) is 19.1 Å². The van der Waals surface area contributed by atoms with Gasteiger partial charge in [0.05, 0.1) is 24.8 Å². The van der Waals surface area contributed by atoms with Gasteiger partial charge in [-0.15, -0.1) is 0 Å². The van der Waals surface area contributed by atoms with Gasteiger partial charge in [-0.1, -0.05) is 29.8 Å². The summed E-state index contributed by atoms with van der Waals surface area (Å²) in [4.78, 5) is 29.7. The van der Waals surface area contributed by atoms with E-state index >= 15 is 0 Å². The third-order valence-electron chi connectivity index (χ3n) is 5.83. The first-order valence-corrected chi connectivity index (χ1v) is 10.9. The molecule has 4 rings (SSSR count). The molecule has 2 saturated heterocycles. The summed E-state index contributed by atoms with van der Waals surface area (Å²) in [5, 5.41) is 11.4. The SMILES string of the molecule is O=C1C(=O)N(CCCN2CCOCC2)C(c2ccccc2Cl)C1=C(O)c1ccc(F)cc1. The molecule has 2 aromatic carbocycles. The van der Waals surface area contributed by atoms with Crippen molar-refractivity contribution in [1.82, 2.24) is 9.80 Å². The molecule has 2 heterocycles. The number of Topliss-reactive ketones (excluding diaryl/α,β-unsaturated/α-hetero) is 1. The standard InChI is InChI=1S/C24H24ClFN2O4/c25-19-5-2-1-4-18(19)21-20(22(29)16-6-8-17(26)9-7-16)23(30)24(31)28(21)11-3-10-27-12-14-32-15-13-27/h1-2,4-9,21,29H,3,10-15H2. The second kappa shape index (κ2) is 9.81. The second-order valence-corrected chi connectivity index (χ2v) is 8.24. The number of rotatable bonds is 6. The van der Waals surface area contributed by atoms with Crippen molar-refractivity contribution in [3.63, 3.8) is 0 Å². The Labute approximate surface area is 190 Å². The van der Waals surface area contributed by atoms with Crippen molar-refractivity contribution in [2.24, 2.45) is 0 Å². The third-order valence-corrected chi connectivity index (χ3v) is 6.18. The van der Waals surface area contributed by atoms with Crippen molar-refractivity contribution in [1.29, 1.82) is 0 Å². The number of amides is 1. The first-order valence-electron chi connectivity index (χ1n) is 10.6. The molecule has 0 spiro atoms. The van der Waals surface area contributed by atoms with Gasteiger partial charge in [-0.2, -0.15) is 0 Å². The van der Waals surface area contributed by atoms with E-state index in [1.54, 1.807) is 24.3 Å². The molecule has 2 fully saturated rings. The van der Waals surface area contributed by atoms with Crippen LogP contribution in [-0.2, 0) is 14.3 Å². The van der Waals surface area contributed by atoms with Crippen LogP contribution in [0.4, 0.5) is 4.39 Å². The molecule has 168 valence electrons. The molecule has 1 unspecified atom stereocenters. The molecule has 1 atom stereocenters. The lowest BCUT2D eigenvalue weighted by molar-refractivity contribution is -0.140. The van der Waals surface area contributed by atoms with Crippen LogP contribution in [0.1, 0.15) is 23.6 Å². The normalized spacial score (nSPS) is 21.3. The van der Waals surface area contributed by atoms with Crippen LogP contribution in [0.5, 0.6) is 0 Å². The quantitative estimate of drug-likeness (QED) is 0.407. The predicted molar refractivity (Wildman–Crippen MR) is 119 cm³/mol. The Kier molecular flexibility index (Phi) is 6.89. The van der Waals surface area contributed by atoms with Gasteiger partial charge < -0.3 is 14.7 Å². The molecule has 0 bridgehead atoms. The molecular formula is C24H24ClFN2O4. The molecule has 0 saturated carbocycles. The van der Waals surface area contributed by atoms with Gasteiger partial charge in [0.15, 0.2) is 0 Å². The number of carbonyl (C=O) groups excluding carboxylic acids is 2. The number of nitrogens with zero attached hydrogens (tertiary/aromatic N) is 2. The summed E-state index contributed by atoms with van der Waals surface area (Å²) >= 11 is 6.43. The van der Waals surface area contributed by atoms with Crippen molar-refractivity contribution < 1.29 is 23.8 Å². The third kappa shape index (κ3) is 4.55. The number of aliphatic hydroxyl groups excluding tert-OH is 1. The largest absolute Gasteiger partial charge is 0.507 e. The first-order chi connectivity index (χ1) is 15.5. The number of likely N-dealkylation sites (tertiary alicyclic amines) is 1. The summed E-state index contributed by atoms with van der Waals surface area (Å²) in [5.41, 5.74) is 0.777. The number of carbonyl (C=O) groups is 2. The lowest BCUT2D eigenvalue weighted by atomic mass is 9.95. The van der Waals surface area contributed by atoms with E-state index in [0.29, 0.717) is 36.8 Å². The molecule has 1 amide bonds. The van der Waals surface area contributed by atoms with Crippen molar-refractivity contribution in [2.45, 2.75) is 12.5 Å². The van der Waals surface area contributed by atoms with Crippen LogP contribution in [-0.4, -0.2) is 66.0 Å². The maximum Gasteiger partial charge on any atom is 0.295 e. The summed E-state index contributed by atoms with van der Waals surface area (Å²) in [6, 6.07) is 11.3. The van der Waals surface area contributed by atoms with Gasteiger partial charge in [0, 0.05) is 36.8 Å². The Morgan fingerprint density at radius 2 is 1.75 bits per heavy atom. The molecule has 1 N–H and O–H groups in total. The lowest BCUT2D eigenvalue weighted by Gasteiger charge is -2.29. The summed E-state index contributed by atoms with van der Waals surface area (Å²) in [5.74, 6) is -2.26. The highest BCUT2D eigenvalue weighted by Crippen LogP contribution is 2.41. The van der Waals surface area contributed by atoms with E-state index < -0.39 is 23.5 Å². The number of ketones is 1. The minimum absolute atomic E-state index is 0.0407. The zero-order chi connectivity index (χ0) is 22.7. The van der Waals surface area contributed by atoms with Gasteiger partial charge in [0.1, 0.15) is 11.6 Å². The Balaban J connectivity index is 1.68. The first kappa shape index (κ1) is 22.5. The molecular weight excluding hydrogens is 435 g/mol. The number of benzene rings is 2. The van der Waals surface area contributed by atoms with Gasteiger partial charge >= 0.3 is 0 Å². The minimum atomic E-state index is -0.821. The van der Waals surface area contributed by atoms with Crippen LogP contribution in [0.2, 0.25) is 5.02 Å². The molecule has 8 heteroatoms. The van der Waals surface area contributed by atoms with Crippen LogP contribution in [0.25, 0.3) is 5.76 Å². The maximum atomic E-state index is 13.4. The van der Waals surface area contributed by atoms with Crippen LogP contribution >= 0.6 is 11.6 Å². The molecule has 0 aliphatic carbocycles. The molecule has 32 heavy (non-hydrogen) atoms. The summed E-state index contributed by atoms with van der Waals surface area (Å²) in [7, 11) is 0. The van der Waals surface area contributed by atoms with Crippen LogP contribution in [0.3, 0.4) is 0 Å². The fourth-order valence-corrected chi connectivity index (χ4v) is 4.42. The molecule has 2 aliphatic rings. The number of hydrogen-bond acceptors (Lipinski definition) is 5. The molecule has 2 aromatic rings. The zero-order valence-electron chi connectivity index (χ0n) is 17.5. The monoisotopic (exact) mass is 458 g/mol.